The minimum Gasteiger partial charge on any atom is -0.394 e. The molecule has 4 atom stereocenters. The standard InChI is InChI=1S/C11H15FN2O4/c12-6-2-1-3-13-11(6)14-7-5-18-8(4-15)10(17)9(7)16/h1-3,7-10,15-17H,4-5H2,(H,13,14)/t7-,8+,9+,10-/m0/s1. The molecule has 0 unspecified atom stereocenters. The van der Waals surface area contributed by atoms with Gasteiger partial charge >= 0.3 is 0 Å². The van der Waals surface area contributed by atoms with E-state index in [9.17, 15) is 14.6 Å². The molecule has 100 valence electrons. The van der Waals surface area contributed by atoms with Crippen LogP contribution in [0.3, 0.4) is 0 Å². The van der Waals surface area contributed by atoms with E-state index in [-0.39, 0.29) is 19.0 Å². The van der Waals surface area contributed by atoms with Crippen molar-refractivity contribution in [3.8, 4) is 0 Å². The third kappa shape index (κ3) is 2.59. The molecule has 2 rings (SSSR count). The van der Waals surface area contributed by atoms with Crippen LogP contribution in [0, 0.1) is 5.82 Å². The predicted molar refractivity (Wildman–Crippen MR) is 60.4 cm³/mol. The van der Waals surface area contributed by atoms with Crippen LogP contribution < -0.4 is 5.32 Å². The Bertz CT molecular complexity index is 406. The van der Waals surface area contributed by atoms with Crippen molar-refractivity contribution < 1.29 is 24.4 Å². The van der Waals surface area contributed by atoms with E-state index in [0.29, 0.717) is 0 Å². The molecule has 1 aromatic rings. The number of aromatic nitrogens is 1. The summed E-state index contributed by atoms with van der Waals surface area (Å²) in [5.41, 5.74) is 0. The van der Waals surface area contributed by atoms with Crippen LogP contribution >= 0.6 is 0 Å². The summed E-state index contributed by atoms with van der Waals surface area (Å²) in [5, 5.41) is 31.1. The highest BCUT2D eigenvalue weighted by Crippen LogP contribution is 2.19. The van der Waals surface area contributed by atoms with Gasteiger partial charge in [-0.15, -0.1) is 0 Å². The van der Waals surface area contributed by atoms with Crippen LogP contribution in [0.4, 0.5) is 10.2 Å². The summed E-state index contributed by atoms with van der Waals surface area (Å²) in [6.07, 6.45) is -1.81. The maximum Gasteiger partial charge on any atom is 0.165 e. The molecule has 0 amide bonds. The first kappa shape index (κ1) is 13.2. The molecule has 6 nitrogen and oxygen atoms in total. The molecule has 0 saturated carbocycles. The Morgan fingerprint density at radius 3 is 2.89 bits per heavy atom. The highest BCUT2D eigenvalue weighted by Gasteiger charge is 2.38. The second kappa shape index (κ2) is 5.57. The number of ether oxygens (including phenoxy) is 1. The number of rotatable bonds is 3. The lowest BCUT2D eigenvalue weighted by Gasteiger charge is -2.37. The van der Waals surface area contributed by atoms with Gasteiger partial charge in [0.15, 0.2) is 11.6 Å². The Kier molecular flexibility index (Phi) is 4.07. The minimum atomic E-state index is -1.23. The van der Waals surface area contributed by atoms with E-state index >= 15 is 0 Å². The largest absolute Gasteiger partial charge is 0.394 e. The van der Waals surface area contributed by atoms with Crippen LogP contribution in [0.25, 0.3) is 0 Å². The molecule has 1 saturated heterocycles. The molecule has 0 spiro atoms. The SMILES string of the molecule is OC[C@H]1OC[C@H](Nc2ncccc2F)[C@@H](O)[C@H]1O. The van der Waals surface area contributed by atoms with Gasteiger partial charge in [-0.05, 0) is 12.1 Å². The van der Waals surface area contributed by atoms with Crippen molar-refractivity contribution in [2.24, 2.45) is 0 Å². The lowest BCUT2D eigenvalue weighted by molar-refractivity contribution is -0.152. The van der Waals surface area contributed by atoms with E-state index in [0.717, 1.165) is 0 Å². The monoisotopic (exact) mass is 258 g/mol. The summed E-state index contributed by atoms with van der Waals surface area (Å²) in [6.45, 7) is -0.345. The van der Waals surface area contributed by atoms with Gasteiger partial charge in [-0.3, -0.25) is 0 Å². The molecule has 4 N–H and O–H groups in total. The molecule has 0 aliphatic carbocycles. The Labute approximate surface area is 103 Å². The maximum absolute atomic E-state index is 13.4. The fourth-order valence-corrected chi connectivity index (χ4v) is 1.84. The van der Waals surface area contributed by atoms with Crippen LogP contribution in [0.5, 0.6) is 0 Å². The number of anilines is 1. The summed E-state index contributed by atoms with van der Waals surface area (Å²) >= 11 is 0. The quantitative estimate of drug-likeness (QED) is 0.562. The fourth-order valence-electron chi connectivity index (χ4n) is 1.84. The normalized spacial score (nSPS) is 32.2. The van der Waals surface area contributed by atoms with E-state index in [4.69, 9.17) is 9.84 Å². The number of aliphatic hydroxyl groups excluding tert-OH is 3. The van der Waals surface area contributed by atoms with Crippen LogP contribution in [-0.4, -0.2) is 57.9 Å². The molecule has 0 bridgehead atoms. The van der Waals surface area contributed by atoms with Gasteiger partial charge in [0.05, 0.1) is 19.3 Å². The van der Waals surface area contributed by atoms with Gasteiger partial charge in [0.1, 0.15) is 18.3 Å². The zero-order valence-electron chi connectivity index (χ0n) is 9.53. The number of nitrogens with zero attached hydrogens (tertiary/aromatic N) is 1. The molecule has 7 heteroatoms. The average Bonchev–Trinajstić information content (AvgIpc) is 2.38. The second-order valence-corrected chi connectivity index (χ2v) is 4.12. The molecule has 1 aliphatic rings. The van der Waals surface area contributed by atoms with E-state index in [2.05, 4.69) is 10.3 Å². The van der Waals surface area contributed by atoms with Crippen molar-refractivity contribution in [3.05, 3.63) is 24.1 Å². The molecule has 1 aromatic heterocycles. The van der Waals surface area contributed by atoms with E-state index < -0.39 is 30.2 Å². The highest BCUT2D eigenvalue weighted by molar-refractivity contribution is 5.37. The lowest BCUT2D eigenvalue weighted by Crippen LogP contribution is -2.56. The summed E-state index contributed by atoms with van der Waals surface area (Å²) in [6, 6.07) is 2.00. The van der Waals surface area contributed by atoms with Gasteiger partial charge in [-0.1, -0.05) is 0 Å². The first-order chi connectivity index (χ1) is 8.63. The van der Waals surface area contributed by atoms with Crippen molar-refractivity contribution in [2.45, 2.75) is 24.4 Å². The van der Waals surface area contributed by atoms with Gasteiger partial charge in [-0.2, -0.15) is 0 Å². The maximum atomic E-state index is 13.4. The number of halogens is 1. The first-order valence-electron chi connectivity index (χ1n) is 5.59. The number of nitrogens with one attached hydrogen (secondary N) is 1. The Balaban J connectivity index is 2.05. The van der Waals surface area contributed by atoms with Gasteiger partial charge in [0.25, 0.3) is 0 Å². The van der Waals surface area contributed by atoms with Crippen molar-refractivity contribution in [3.63, 3.8) is 0 Å². The highest BCUT2D eigenvalue weighted by atomic mass is 19.1. The number of pyridine rings is 1. The van der Waals surface area contributed by atoms with Crippen LogP contribution in [0.2, 0.25) is 0 Å². The third-order valence-electron chi connectivity index (χ3n) is 2.89. The Morgan fingerprint density at radius 1 is 1.44 bits per heavy atom. The van der Waals surface area contributed by atoms with E-state index in [1.54, 1.807) is 0 Å². The second-order valence-electron chi connectivity index (χ2n) is 4.12. The molecular formula is C11H15FN2O4. The molecule has 1 fully saturated rings. The van der Waals surface area contributed by atoms with Gasteiger partial charge in [0, 0.05) is 6.20 Å². The first-order valence-corrected chi connectivity index (χ1v) is 5.59. The molecule has 1 aliphatic heterocycles. The van der Waals surface area contributed by atoms with Crippen molar-refractivity contribution in [1.29, 1.82) is 0 Å². The van der Waals surface area contributed by atoms with Gasteiger partial charge in [-0.25, -0.2) is 9.37 Å². The molecule has 0 aromatic carbocycles. The summed E-state index contributed by atoms with van der Waals surface area (Å²) in [4.78, 5) is 3.79. The Morgan fingerprint density at radius 2 is 2.22 bits per heavy atom. The minimum absolute atomic E-state index is 0.0141. The van der Waals surface area contributed by atoms with Crippen molar-refractivity contribution in [1.82, 2.24) is 4.98 Å². The van der Waals surface area contributed by atoms with Crippen LogP contribution in [0.1, 0.15) is 0 Å². The number of hydrogen-bond donors (Lipinski definition) is 4. The average molecular weight is 258 g/mol. The van der Waals surface area contributed by atoms with Gasteiger partial charge in [0.2, 0.25) is 0 Å². The topological polar surface area (TPSA) is 94.8 Å². The zero-order chi connectivity index (χ0) is 13.1. The lowest BCUT2D eigenvalue weighted by atomic mass is 9.98. The molecule has 2 heterocycles. The van der Waals surface area contributed by atoms with Crippen molar-refractivity contribution >= 4 is 5.82 Å². The van der Waals surface area contributed by atoms with Gasteiger partial charge < -0.3 is 25.4 Å². The summed E-state index contributed by atoms with van der Waals surface area (Å²) in [7, 11) is 0. The third-order valence-corrected chi connectivity index (χ3v) is 2.89. The number of hydrogen-bond acceptors (Lipinski definition) is 6. The zero-order valence-corrected chi connectivity index (χ0v) is 9.53. The molecule has 0 radical (unpaired) electrons. The smallest absolute Gasteiger partial charge is 0.165 e. The fraction of sp³-hybridized carbons (Fsp3) is 0.545. The van der Waals surface area contributed by atoms with E-state index in [1.807, 2.05) is 0 Å². The Hall–Kier alpha value is -1.28. The molecule has 18 heavy (non-hydrogen) atoms. The summed E-state index contributed by atoms with van der Waals surface area (Å²) < 4.78 is 18.5. The van der Waals surface area contributed by atoms with E-state index in [1.165, 1.54) is 18.3 Å². The number of aliphatic hydroxyl groups is 3. The predicted octanol–water partition coefficient (Wildman–Crippen LogP) is -0.886. The van der Waals surface area contributed by atoms with Crippen LogP contribution in [0.15, 0.2) is 18.3 Å². The molecular weight excluding hydrogens is 243 g/mol. The van der Waals surface area contributed by atoms with Crippen molar-refractivity contribution in [2.75, 3.05) is 18.5 Å². The van der Waals surface area contributed by atoms with Crippen LogP contribution in [-0.2, 0) is 4.74 Å². The summed E-state index contributed by atoms with van der Waals surface area (Å²) in [5.74, 6) is -0.566.